The highest BCUT2D eigenvalue weighted by atomic mass is 79.9. The second kappa shape index (κ2) is 10.2. The number of hydrogen-bond acceptors (Lipinski definition) is 2. The minimum Gasteiger partial charge on any atom is -0.300 e. The molecule has 2 unspecified atom stereocenters. The molecule has 0 N–H and O–H groups in total. The lowest BCUT2D eigenvalue weighted by Crippen LogP contribution is -2.54. The highest BCUT2D eigenvalue weighted by Crippen LogP contribution is 2.14. The van der Waals surface area contributed by atoms with Crippen LogP contribution in [0.15, 0.2) is 0 Å². The maximum Gasteiger partial charge on any atom is 0.0195 e. The summed E-state index contributed by atoms with van der Waals surface area (Å²) in [6, 6.07) is 1.43. The van der Waals surface area contributed by atoms with Gasteiger partial charge < -0.3 is 4.90 Å². The Morgan fingerprint density at radius 3 is 1.84 bits per heavy atom. The molecule has 2 nitrogen and oxygen atoms in total. The Morgan fingerprint density at radius 1 is 0.842 bits per heavy atom. The van der Waals surface area contributed by atoms with Gasteiger partial charge in [0, 0.05) is 30.5 Å². The second-order valence-corrected chi connectivity index (χ2v) is 7.08. The monoisotopic (exact) mass is 332 g/mol. The van der Waals surface area contributed by atoms with Gasteiger partial charge in [-0.05, 0) is 40.3 Å². The lowest BCUT2D eigenvalue weighted by molar-refractivity contribution is 0.0591. The van der Waals surface area contributed by atoms with Crippen LogP contribution in [0.3, 0.4) is 0 Å². The van der Waals surface area contributed by atoms with Gasteiger partial charge in [0.05, 0.1) is 0 Å². The van der Waals surface area contributed by atoms with E-state index in [0.29, 0.717) is 12.1 Å². The maximum atomic E-state index is 3.49. The minimum atomic E-state index is 0.716. The summed E-state index contributed by atoms with van der Waals surface area (Å²) in [5.41, 5.74) is 0. The van der Waals surface area contributed by atoms with Crippen LogP contribution in [0, 0.1) is 0 Å². The van der Waals surface area contributed by atoms with Gasteiger partial charge in [-0.3, -0.25) is 4.90 Å². The van der Waals surface area contributed by atoms with Gasteiger partial charge in [-0.25, -0.2) is 0 Å². The molecule has 0 bridgehead atoms. The van der Waals surface area contributed by atoms with Crippen LogP contribution in [-0.4, -0.2) is 53.9 Å². The van der Waals surface area contributed by atoms with E-state index in [9.17, 15) is 0 Å². The summed E-state index contributed by atoms with van der Waals surface area (Å²) in [6.07, 6.45) is 9.85. The molecular weight excluding hydrogens is 300 g/mol. The fourth-order valence-electron chi connectivity index (χ4n) is 3.01. The molecule has 0 spiro atoms. The van der Waals surface area contributed by atoms with Crippen molar-refractivity contribution in [2.45, 2.75) is 70.9 Å². The molecule has 114 valence electrons. The van der Waals surface area contributed by atoms with Crippen LogP contribution in [0.1, 0.15) is 58.8 Å². The highest BCUT2D eigenvalue weighted by Gasteiger charge is 2.25. The van der Waals surface area contributed by atoms with Crippen LogP contribution < -0.4 is 0 Å². The van der Waals surface area contributed by atoms with Gasteiger partial charge in [-0.2, -0.15) is 0 Å². The van der Waals surface area contributed by atoms with Crippen LogP contribution in [0.5, 0.6) is 0 Å². The van der Waals surface area contributed by atoms with Crippen molar-refractivity contribution in [3.63, 3.8) is 0 Å². The first-order valence-corrected chi connectivity index (χ1v) is 9.27. The molecule has 0 saturated carbocycles. The van der Waals surface area contributed by atoms with Crippen LogP contribution in [0.4, 0.5) is 0 Å². The van der Waals surface area contributed by atoms with E-state index >= 15 is 0 Å². The number of likely N-dealkylation sites (N-methyl/N-ethyl adjacent to an activating group) is 1. The molecule has 1 aliphatic rings. The number of alkyl halides is 1. The van der Waals surface area contributed by atoms with E-state index < -0.39 is 0 Å². The number of nitrogens with zero attached hydrogens (tertiary/aromatic N) is 2. The first-order valence-electron chi connectivity index (χ1n) is 8.15. The van der Waals surface area contributed by atoms with Crippen molar-refractivity contribution < 1.29 is 0 Å². The Balaban J connectivity index is 1.98. The number of piperazine rings is 1. The lowest BCUT2D eigenvalue weighted by Gasteiger charge is -2.42. The summed E-state index contributed by atoms with van der Waals surface area (Å²) in [6.45, 7) is 8.53. The van der Waals surface area contributed by atoms with E-state index in [4.69, 9.17) is 0 Å². The molecule has 1 heterocycles. The average molecular weight is 333 g/mol. The van der Waals surface area contributed by atoms with Crippen LogP contribution >= 0.6 is 15.9 Å². The Kier molecular flexibility index (Phi) is 9.34. The fourth-order valence-corrected chi connectivity index (χ4v) is 3.41. The number of unbranched alkanes of at least 4 members (excludes halogenated alkanes) is 6. The van der Waals surface area contributed by atoms with Crippen molar-refractivity contribution in [2.75, 3.05) is 32.0 Å². The number of halogens is 1. The van der Waals surface area contributed by atoms with E-state index in [2.05, 4.69) is 46.6 Å². The van der Waals surface area contributed by atoms with E-state index in [1.807, 2.05) is 0 Å². The molecule has 0 aromatic carbocycles. The topological polar surface area (TPSA) is 6.48 Å². The largest absolute Gasteiger partial charge is 0.300 e. The van der Waals surface area contributed by atoms with E-state index in [-0.39, 0.29) is 0 Å². The third-order valence-corrected chi connectivity index (χ3v) is 5.10. The summed E-state index contributed by atoms with van der Waals surface area (Å²) in [4.78, 5) is 5.18. The molecule has 1 aliphatic heterocycles. The van der Waals surface area contributed by atoms with E-state index in [1.54, 1.807) is 0 Å². The summed E-state index contributed by atoms with van der Waals surface area (Å²) in [5.74, 6) is 0. The van der Waals surface area contributed by atoms with E-state index in [0.717, 1.165) is 0 Å². The van der Waals surface area contributed by atoms with Crippen molar-refractivity contribution in [2.24, 2.45) is 0 Å². The predicted molar refractivity (Wildman–Crippen MR) is 89.2 cm³/mol. The van der Waals surface area contributed by atoms with Gasteiger partial charge in [-0.1, -0.05) is 48.0 Å². The van der Waals surface area contributed by atoms with Crippen molar-refractivity contribution in [3.8, 4) is 0 Å². The molecule has 1 rings (SSSR count). The predicted octanol–water partition coefficient (Wildman–Crippen LogP) is 4.14. The Morgan fingerprint density at radius 2 is 1.32 bits per heavy atom. The minimum absolute atomic E-state index is 0.716. The first kappa shape index (κ1) is 17.5. The molecule has 0 amide bonds. The second-order valence-electron chi connectivity index (χ2n) is 6.29. The van der Waals surface area contributed by atoms with Crippen molar-refractivity contribution in [1.82, 2.24) is 9.80 Å². The third-order valence-electron chi connectivity index (χ3n) is 4.54. The van der Waals surface area contributed by atoms with Gasteiger partial charge in [0.25, 0.3) is 0 Å². The first-order chi connectivity index (χ1) is 9.15. The third kappa shape index (κ3) is 7.10. The summed E-state index contributed by atoms with van der Waals surface area (Å²) < 4.78 is 0. The zero-order chi connectivity index (χ0) is 14.1. The number of rotatable bonds is 9. The molecular formula is C16H33BrN2. The van der Waals surface area contributed by atoms with Crippen molar-refractivity contribution >= 4 is 15.9 Å². The Hall–Kier alpha value is 0.400. The maximum absolute atomic E-state index is 3.49. The molecule has 0 aromatic heterocycles. The molecule has 19 heavy (non-hydrogen) atoms. The van der Waals surface area contributed by atoms with Gasteiger partial charge >= 0.3 is 0 Å². The Bertz CT molecular complexity index is 211. The quantitative estimate of drug-likeness (QED) is 0.462. The molecule has 0 aromatic rings. The normalized spacial score (nSPS) is 25.9. The molecule has 0 aliphatic carbocycles. The van der Waals surface area contributed by atoms with Gasteiger partial charge in [0.2, 0.25) is 0 Å². The summed E-state index contributed by atoms with van der Waals surface area (Å²) in [7, 11) is 2.26. The van der Waals surface area contributed by atoms with Gasteiger partial charge in [0.15, 0.2) is 0 Å². The average Bonchev–Trinajstić information content (AvgIpc) is 2.39. The zero-order valence-corrected chi connectivity index (χ0v) is 14.8. The smallest absolute Gasteiger partial charge is 0.0195 e. The molecule has 3 heteroatoms. The number of hydrogen-bond donors (Lipinski definition) is 0. The Labute approximate surface area is 129 Å². The summed E-state index contributed by atoms with van der Waals surface area (Å²) >= 11 is 3.49. The SMILES string of the molecule is CC1CN(CCCCCCCCCBr)CC(C)N1C. The van der Waals surface area contributed by atoms with Crippen LogP contribution in [0.2, 0.25) is 0 Å². The zero-order valence-electron chi connectivity index (χ0n) is 13.2. The lowest BCUT2D eigenvalue weighted by atomic mass is 10.1. The van der Waals surface area contributed by atoms with Crippen molar-refractivity contribution in [3.05, 3.63) is 0 Å². The standard InChI is InChI=1S/C16H33BrN2/c1-15-13-19(14-16(2)18(15)3)12-10-8-6-4-5-7-9-11-17/h15-16H,4-14H2,1-3H3. The van der Waals surface area contributed by atoms with Crippen molar-refractivity contribution in [1.29, 1.82) is 0 Å². The fraction of sp³-hybridized carbons (Fsp3) is 1.00. The summed E-state index contributed by atoms with van der Waals surface area (Å²) in [5, 5.41) is 1.17. The van der Waals surface area contributed by atoms with E-state index in [1.165, 1.54) is 69.9 Å². The molecule has 1 saturated heterocycles. The molecule has 0 radical (unpaired) electrons. The van der Waals surface area contributed by atoms with Crippen LogP contribution in [-0.2, 0) is 0 Å². The van der Waals surface area contributed by atoms with Gasteiger partial charge in [0.1, 0.15) is 0 Å². The highest BCUT2D eigenvalue weighted by molar-refractivity contribution is 9.09. The van der Waals surface area contributed by atoms with Crippen LogP contribution in [0.25, 0.3) is 0 Å². The molecule has 1 fully saturated rings. The molecule has 2 atom stereocenters. The van der Waals surface area contributed by atoms with Gasteiger partial charge in [-0.15, -0.1) is 0 Å².